The van der Waals surface area contributed by atoms with E-state index in [2.05, 4.69) is 20.5 Å². The maximum absolute atomic E-state index is 12.5. The van der Waals surface area contributed by atoms with Crippen molar-refractivity contribution in [2.45, 2.75) is 13.8 Å². The summed E-state index contributed by atoms with van der Waals surface area (Å²) in [4.78, 5) is 16.6. The number of ether oxygens (including phenoxy) is 1. The zero-order valence-corrected chi connectivity index (χ0v) is 18.8. The molecule has 0 aliphatic rings. The Balaban J connectivity index is 1.34. The van der Waals surface area contributed by atoms with Crippen LogP contribution in [-0.2, 0) is 4.79 Å². The van der Waals surface area contributed by atoms with E-state index in [9.17, 15) is 4.79 Å². The number of hydrogen-bond donors (Lipinski definition) is 1. The molecule has 0 bridgehead atoms. The third-order valence-corrected chi connectivity index (χ3v) is 5.54. The minimum absolute atomic E-state index is 0.0755. The molecule has 0 saturated heterocycles. The highest BCUT2D eigenvalue weighted by Crippen LogP contribution is 2.24. The van der Waals surface area contributed by atoms with Crippen LogP contribution in [0.2, 0.25) is 0 Å². The Hall–Kier alpha value is -4.59. The number of carbonyl (C=O) groups excluding carboxylic acids is 1. The minimum atomic E-state index is -0.237. The molecule has 2 aromatic carbocycles. The second-order valence-corrected chi connectivity index (χ2v) is 7.87. The number of hydrogen-bond acceptors (Lipinski definition) is 6. The number of benzene rings is 2. The maximum atomic E-state index is 12.5. The average molecular weight is 451 g/mol. The quantitative estimate of drug-likeness (QED) is 0.410. The van der Waals surface area contributed by atoms with Crippen LogP contribution in [0.1, 0.15) is 11.1 Å². The topological polar surface area (TPSA) is 94.3 Å². The number of rotatable bonds is 6. The Labute approximate surface area is 196 Å². The number of aromatic nitrogens is 5. The van der Waals surface area contributed by atoms with Gasteiger partial charge in [-0.25, -0.2) is 0 Å². The summed E-state index contributed by atoms with van der Waals surface area (Å²) in [5.74, 6) is 1.08. The number of fused-ring (bicyclic) bond motifs is 1. The van der Waals surface area contributed by atoms with Gasteiger partial charge in [-0.1, -0.05) is 24.3 Å². The summed E-state index contributed by atoms with van der Waals surface area (Å²) in [6.45, 7) is 3.91. The van der Waals surface area contributed by atoms with Crippen molar-refractivity contribution in [3.05, 3.63) is 90.3 Å². The molecule has 5 rings (SSSR count). The van der Waals surface area contributed by atoms with Crippen LogP contribution in [0.25, 0.3) is 28.3 Å². The van der Waals surface area contributed by atoms with Crippen LogP contribution in [-0.4, -0.2) is 37.3 Å². The first kappa shape index (κ1) is 21.3. The molecule has 8 nitrogen and oxygen atoms in total. The zero-order valence-electron chi connectivity index (χ0n) is 18.8. The Bertz CT molecular complexity index is 1480. The SMILES string of the molecule is Cc1cccc(OCC(=O)Nc2cccc(-c3ccc4nnc(-c5cccnc5)n4n3)c2)c1C. The van der Waals surface area contributed by atoms with Crippen LogP contribution in [0.15, 0.2) is 79.1 Å². The van der Waals surface area contributed by atoms with Crippen LogP contribution < -0.4 is 10.1 Å². The highest BCUT2D eigenvalue weighted by Gasteiger charge is 2.12. The summed E-state index contributed by atoms with van der Waals surface area (Å²) in [6, 6.07) is 20.8. The first-order chi connectivity index (χ1) is 16.6. The molecule has 168 valence electrons. The van der Waals surface area contributed by atoms with E-state index in [1.807, 2.05) is 80.6 Å². The van der Waals surface area contributed by atoms with E-state index in [4.69, 9.17) is 9.84 Å². The van der Waals surface area contributed by atoms with Gasteiger partial charge >= 0.3 is 0 Å². The first-order valence-corrected chi connectivity index (χ1v) is 10.8. The molecule has 1 N–H and O–H groups in total. The summed E-state index contributed by atoms with van der Waals surface area (Å²) >= 11 is 0. The lowest BCUT2D eigenvalue weighted by atomic mass is 10.1. The Morgan fingerprint density at radius 1 is 0.971 bits per heavy atom. The van der Waals surface area contributed by atoms with Crippen molar-refractivity contribution < 1.29 is 9.53 Å². The minimum Gasteiger partial charge on any atom is -0.483 e. The van der Waals surface area contributed by atoms with Crippen molar-refractivity contribution in [3.8, 4) is 28.4 Å². The Kier molecular flexibility index (Phi) is 5.70. The van der Waals surface area contributed by atoms with Gasteiger partial charge in [0.05, 0.1) is 5.69 Å². The predicted octanol–water partition coefficient (Wildman–Crippen LogP) is 4.49. The number of amides is 1. The van der Waals surface area contributed by atoms with Crippen molar-refractivity contribution >= 4 is 17.2 Å². The van der Waals surface area contributed by atoms with Crippen molar-refractivity contribution in [2.75, 3.05) is 11.9 Å². The van der Waals surface area contributed by atoms with E-state index in [0.717, 1.165) is 27.9 Å². The lowest BCUT2D eigenvalue weighted by molar-refractivity contribution is -0.118. The molecule has 3 aromatic heterocycles. The summed E-state index contributed by atoms with van der Waals surface area (Å²) in [5.41, 5.74) is 5.83. The molecule has 34 heavy (non-hydrogen) atoms. The second-order valence-electron chi connectivity index (χ2n) is 7.87. The van der Waals surface area contributed by atoms with Gasteiger partial charge in [-0.3, -0.25) is 9.78 Å². The van der Waals surface area contributed by atoms with Gasteiger partial charge in [0.25, 0.3) is 5.91 Å². The molecule has 0 atom stereocenters. The molecular weight excluding hydrogens is 428 g/mol. The predicted molar refractivity (Wildman–Crippen MR) is 129 cm³/mol. The van der Waals surface area contributed by atoms with Crippen LogP contribution in [0, 0.1) is 13.8 Å². The third kappa shape index (κ3) is 4.33. The van der Waals surface area contributed by atoms with Gasteiger partial charge < -0.3 is 10.1 Å². The molecule has 0 spiro atoms. The molecule has 0 fully saturated rings. The van der Waals surface area contributed by atoms with Crippen LogP contribution in [0.3, 0.4) is 0 Å². The molecule has 8 heteroatoms. The van der Waals surface area contributed by atoms with Crippen LogP contribution in [0.4, 0.5) is 5.69 Å². The smallest absolute Gasteiger partial charge is 0.262 e. The second kappa shape index (κ2) is 9.11. The molecule has 0 saturated carbocycles. The summed E-state index contributed by atoms with van der Waals surface area (Å²) in [6.07, 6.45) is 3.43. The number of nitrogens with zero attached hydrogens (tertiary/aromatic N) is 5. The van der Waals surface area contributed by atoms with E-state index in [1.54, 1.807) is 16.9 Å². The Morgan fingerprint density at radius 3 is 2.68 bits per heavy atom. The summed E-state index contributed by atoms with van der Waals surface area (Å²) in [5, 5.41) is 16.1. The highest BCUT2D eigenvalue weighted by molar-refractivity contribution is 5.92. The fourth-order valence-electron chi connectivity index (χ4n) is 3.60. The first-order valence-electron chi connectivity index (χ1n) is 10.8. The highest BCUT2D eigenvalue weighted by atomic mass is 16.5. The van der Waals surface area contributed by atoms with Gasteiger partial charge in [-0.2, -0.15) is 9.61 Å². The molecule has 0 radical (unpaired) electrons. The summed E-state index contributed by atoms with van der Waals surface area (Å²) < 4.78 is 7.40. The Morgan fingerprint density at radius 2 is 1.82 bits per heavy atom. The molecule has 3 heterocycles. The van der Waals surface area contributed by atoms with Gasteiger partial charge in [0.2, 0.25) is 0 Å². The number of nitrogens with one attached hydrogen (secondary N) is 1. The molecule has 0 aliphatic carbocycles. The molecule has 0 unspecified atom stereocenters. The zero-order chi connectivity index (χ0) is 23.5. The van der Waals surface area contributed by atoms with Crippen molar-refractivity contribution in [3.63, 3.8) is 0 Å². The van der Waals surface area contributed by atoms with Crippen molar-refractivity contribution in [2.24, 2.45) is 0 Å². The fraction of sp³-hybridized carbons (Fsp3) is 0.115. The third-order valence-electron chi connectivity index (χ3n) is 5.54. The summed E-state index contributed by atoms with van der Waals surface area (Å²) in [7, 11) is 0. The number of carbonyl (C=O) groups is 1. The fourth-order valence-corrected chi connectivity index (χ4v) is 3.60. The molecular formula is C26H22N6O2. The van der Waals surface area contributed by atoms with Crippen molar-refractivity contribution in [1.82, 2.24) is 24.8 Å². The lowest BCUT2D eigenvalue weighted by Gasteiger charge is -2.11. The van der Waals surface area contributed by atoms with E-state index in [0.29, 0.717) is 22.9 Å². The van der Waals surface area contributed by atoms with Crippen molar-refractivity contribution in [1.29, 1.82) is 0 Å². The van der Waals surface area contributed by atoms with Crippen LogP contribution in [0.5, 0.6) is 5.75 Å². The molecule has 0 aliphatic heterocycles. The largest absolute Gasteiger partial charge is 0.483 e. The maximum Gasteiger partial charge on any atom is 0.262 e. The van der Waals surface area contributed by atoms with E-state index < -0.39 is 0 Å². The van der Waals surface area contributed by atoms with Gasteiger partial charge in [-0.05, 0) is 67.4 Å². The van der Waals surface area contributed by atoms with Gasteiger partial charge in [-0.15, -0.1) is 10.2 Å². The molecule has 5 aromatic rings. The van der Waals surface area contributed by atoms with E-state index in [1.165, 1.54) is 0 Å². The van der Waals surface area contributed by atoms with E-state index >= 15 is 0 Å². The monoisotopic (exact) mass is 450 g/mol. The van der Waals surface area contributed by atoms with Gasteiger partial charge in [0.15, 0.2) is 18.1 Å². The van der Waals surface area contributed by atoms with Crippen LogP contribution >= 0.6 is 0 Å². The number of anilines is 1. The lowest BCUT2D eigenvalue weighted by Crippen LogP contribution is -2.20. The standard InChI is InChI=1S/C26H22N6O2/c1-17-6-3-10-23(18(17)2)34-16-25(33)28-21-9-4-7-19(14-21)22-11-12-24-29-30-26(32(24)31-22)20-8-5-13-27-15-20/h3-15H,16H2,1-2H3,(H,28,33). The normalized spacial score (nSPS) is 10.9. The van der Waals surface area contributed by atoms with Gasteiger partial charge in [0.1, 0.15) is 5.75 Å². The molecule has 1 amide bonds. The van der Waals surface area contributed by atoms with E-state index in [-0.39, 0.29) is 12.5 Å². The average Bonchev–Trinajstić information content (AvgIpc) is 3.29. The number of aryl methyl sites for hydroxylation is 1. The number of pyridine rings is 1. The van der Waals surface area contributed by atoms with Gasteiger partial charge in [0, 0.05) is 29.2 Å².